The zero-order valence-corrected chi connectivity index (χ0v) is 13.7. The lowest BCUT2D eigenvalue weighted by atomic mass is 10.1. The van der Waals surface area contributed by atoms with Crippen LogP contribution in [0, 0.1) is 0 Å². The number of hydrogen-bond donors (Lipinski definition) is 0. The van der Waals surface area contributed by atoms with Crippen molar-refractivity contribution in [1.82, 2.24) is 0 Å². The van der Waals surface area contributed by atoms with Gasteiger partial charge in [-0.3, -0.25) is 0 Å². The van der Waals surface area contributed by atoms with Gasteiger partial charge < -0.3 is 4.90 Å². The first kappa shape index (κ1) is 14.3. The highest BCUT2D eigenvalue weighted by Gasteiger charge is 2.24. The molecule has 2 heteroatoms. The molecule has 2 heterocycles. The van der Waals surface area contributed by atoms with E-state index in [2.05, 4.69) is 83.3 Å². The van der Waals surface area contributed by atoms with E-state index in [9.17, 15) is 0 Å². The van der Waals surface area contributed by atoms with Crippen molar-refractivity contribution in [3.8, 4) is 0 Å². The van der Waals surface area contributed by atoms with Gasteiger partial charge in [0.2, 0.25) is 5.52 Å². The van der Waals surface area contributed by atoms with Crippen molar-refractivity contribution < 1.29 is 4.57 Å². The second kappa shape index (κ2) is 6.04. The van der Waals surface area contributed by atoms with Crippen LogP contribution < -0.4 is 9.47 Å². The van der Waals surface area contributed by atoms with Crippen molar-refractivity contribution in [2.24, 2.45) is 0 Å². The molecule has 2 aromatic carbocycles. The molecule has 2 nitrogen and oxygen atoms in total. The van der Waals surface area contributed by atoms with Gasteiger partial charge in [-0.25, -0.2) is 0 Å². The van der Waals surface area contributed by atoms with E-state index in [4.69, 9.17) is 0 Å². The third-order valence-electron chi connectivity index (χ3n) is 4.96. The molecule has 1 fully saturated rings. The van der Waals surface area contributed by atoms with Gasteiger partial charge in [0.25, 0.3) is 0 Å². The van der Waals surface area contributed by atoms with Gasteiger partial charge in [0.05, 0.1) is 11.1 Å². The Morgan fingerprint density at radius 2 is 1.78 bits per heavy atom. The normalized spacial score (nSPS) is 17.8. The van der Waals surface area contributed by atoms with Crippen LogP contribution >= 0.6 is 0 Å². The van der Waals surface area contributed by atoms with Crippen LogP contribution in [0.4, 0.5) is 5.69 Å². The highest BCUT2D eigenvalue weighted by atomic mass is 15.2. The van der Waals surface area contributed by atoms with Gasteiger partial charge in [-0.2, -0.15) is 4.57 Å². The number of benzene rings is 2. The summed E-state index contributed by atoms with van der Waals surface area (Å²) in [6.45, 7) is 4.43. The fraction of sp³-hybridized carbons (Fsp3) is 0.286. The Bertz CT molecular complexity index is 810. The lowest BCUT2D eigenvalue weighted by Crippen LogP contribution is -2.36. The minimum absolute atomic E-state index is 0.642. The molecule has 1 aliphatic rings. The summed E-state index contributed by atoms with van der Waals surface area (Å²) in [4.78, 5) is 2.56. The second-order valence-electron chi connectivity index (χ2n) is 6.52. The minimum atomic E-state index is 0.642. The maximum Gasteiger partial charge on any atom is 0.214 e. The fourth-order valence-corrected chi connectivity index (χ4v) is 3.73. The molecule has 3 aromatic rings. The van der Waals surface area contributed by atoms with E-state index in [1.165, 1.54) is 41.5 Å². The Morgan fingerprint density at radius 1 is 1.00 bits per heavy atom. The van der Waals surface area contributed by atoms with Crippen molar-refractivity contribution in [3.05, 3.63) is 72.4 Å². The van der Waals surface area contributed by atoms with Crippen molar-refractivity contribution in [1.29, 1.82) is 0 Å². The molecule has 1 saturated heterocycles. The summed E-state index contributed by atoms with van der Waals surface area (Å²) >= 11 is 0. The van der Waals surface area contributed by atoms with Crippen LogP contribution in [-0.2, 0) is 6.54 Å². The summed E-state index contributed by atoms with van der Waals surface area (Å²) < 4.78 is 2.36. The largest absolute Gasteiger partial charge is 0.368 e. The van der Waals surface area contributed by atoms with E-state index < -0.39 is 0 Å². The van der Waals surface area contributed by atoms with Gasteiger partial charge in [0, 0.05) is 30.3 Å². The molecule has 0 spiro atoms. The van der Waals surface area contributed by atoms with Gasteiger partial charge in [-0.1, -0.05) is 42.5 Å². The Balaban J connectivity index is 1.79. The average Bonchev–Trinajstić information content (AvgIpc) is 3.02. The van der Waals surface area contributed by atoms with Crippen LogP contribution in [0.5, 0.6) is 0 Å². The number of hydrogen-bond acceptors (Lipinski definition) is 1. The number of nitrogens with zero attached hydrogens (tertiary/aromatic N) is 2. The number of pyridine rings is 1. The third kappa shape index (κ3) is 2.70. The number of aromatic nitrogens is 1. The number of rotatable bonds is 3. The molecule has 116 valence electrons. The molecular weight excluding hydrogens is 280 g/mol. The molecule has 0 bridgehead atoms. The quantitative estimate of drug-likeness (QED) is 0.659. The predicted octanol–water partition coefficient (Wildman–Crippen LogP) is 4.16. The molecule has 4 rings (SSSR count). The van der Waals surface area contributed by atoms with Crippen LogP contribution in [0.15, 0.2) is 66.9 Å². The maximum atomic E-state index is 2.56. The topological polar surface area (TPSA) is 7.12 Å². The first-order valence-electron chi connectivity index (χ1n) is 8.55. The standard InChI is InChI=1S/C21H23N2/c1-17-8-7-14-23(17)21-13-15-22(16-18-9-3-2-4-10-18)20-12-6-5-11-19(20)21/h2-6,9-13,15,17H,7-8,14,16H2,1H3/q+1. The molecule has 0 radical (unpaired) electrons. The molecule has 1 unspecified atom stereocenters. The fourth-order valence-electron chi connectivity index (χ4n) is 3.73. The van der Waals surface area contributed by atoms with Crippen LogP contribution in [0.3, 0.4) is 0 Å². The van der Waals surface area contributed by atoms with Gasteiger partial charge in [-0.05, 0) is 25.8 Å². The number of para-hydroxylation sites is 1. The first-order valence-corrected chi connectivity index (χ1v) is 8.55. The summed E-state index contributed by atoms with van der Waals surface area (Å²) in [6, 6.07) is 22.4. The van der Waals surface area contributed by atoms with E-state index in [0.717, 1.165) is 6.54 Å². The molecule has 1 atom stereocenters. The van der Waals surface area contributed by atoms with Gasteiger partial charge in [0.1, 0.15) is 0 Å². The van der Waals surface area contributed by atoms with Gasteiger partial charge in [-0.15, -0.1) is 0 Å². The van der Waals surface area contributed by atoms with Crippen molar-refractivity contribution >= 4 is 16.6 Å². The maximum absolute atomic E-state index is 2.56. The molecule has 0 saturated carbocycles. The van der Waals surface area contributed by atoms with Crippen LogP contribution in [0.25, 0.3) is 10.9 Å². The first-order chi connectivity index (χ1) is 11.3. The third-order valence-corrected chi connectivity index (χ3v) is 4.96. The van der Waals surface area contributed by atoms with E-state index in [0.29, 0.717) is 6.04 Å². The van der Waals surface area contributed by atoms with Crippen LogP contribution in [-0.4, -0.2) is 12.6 Å². The minimum Gasteiger partial charge on any atom is -0.368 e. The van der Waals surface area contributed by atoms with Gasteiger partial charge >= 0.3 is 0 Å². The van der Waals surface area contributed by atoms with E-state index >= 15 is 0 Å². The van der Waals surface area contributed by atoms with E-state index in [-0.39, 0.29) is 0 Å². The second-order valence-corrected chi connectivity index (χ2v) is 6.52. The molecular formula is C21H23N2+. The summed E-state index contributed by atoms with van der Waals surface area (Å²) in [5.41, 5.74) is 4.04. The zero-order chi connectivity index (χ0) is 15.6. The zero-order valence-electron chi connectivity index (χ0n) is 13.7. The molecule has 1 aliphatic heterocycles. The monoisotopic (exact) mass is 303 g/mol. The highest BCUT2D eigenvalue weighted by Crippen LogP contribution is 2.30. The van der Waals surface area contributed by atoms with Crippen molar-refractivity contribution in [2.75, 3.05) is 11.4 Å². The van der Waals surface area contributed by atoms with E-state index in [1.807, 2.05) is 0 Å². The molecule has 0 N–H and O–H groups in total. The smallest absolute Gasteiger partial charge is 0.214 e. The summed E-state index contributed by atoms with van der Waals surface area (Å²) in [6.07, 6.45) is 4.84. The lowest BCUT2D eigenvalue weighted by Gasteiger charge is -2.24. The average molecular weight is 303 g/mol. The Morgan fingerprint density at radius 3 is 2.57 bits per heavy atom. The van der Waals surface area contributed by atoms with Gasteiger partial charge in [0.15, 0.2) is 12.7 Å². The molecule has 23 heavy (non-hydrogen) atoms. The molecule has 0 amide bonds. The molecule has 1 aromatic heterocycles. The van der Waals surface area contributed by atoms with Crippen molar-refractivity contribution in [3.63, 3.8) is 0 Å². The summed E-state index contributed by atoms with van der Waals surface area (Å²) in [5.74, 6) is 0. The summed E-state index contributed by atoms with van der Waals surface area (Å²) in [7, 11) is 0. The van der Waals surface area contributed by atoms with E-state index in [1.54, 1.807) is 0 Å². The molecule has 0 aliphatic carbocycles. The van der Waals surface area contributed by atoms with Crippen molar-refractivity contribution in [2.45, 2.75) is 32.4 Å². The Kier molecular flexibility index (Phi) is 3.74. The Hall–Kier alpha value is -2.35. The SMILES string of the molecule is CC1CCCN1c1cc[n+](Cc2ccccc2)c2ccccc12. The summed E-state index contributed by atoms with van der Waals surface area (Å²) in [5, 5.41) is 1.36. The predicted molar refractivity (Wildman–Crippen MR) is 95.7 cm³/mol. The van der Waals surface area contributed by atoms with Crippen LogP contribution in [0.1, 0.15) is 25.3 Å². The van der Waals surface area contributed by atoms with Crippen LogP contribution in [0.2, 0.25) is 0 Å². The lowest BCUT2D eigenvalue weighted by molar-refractivity contribution is -0.662. The number of anilines is 1. The highest BCUT2D eigenvalue weighted by molar-refractivity contribution is 5.89. The number of fused-ring (bicyclic) bond motifs is 1. The Labute approximate surface area is 138 Å².